The molecule has 1 aromatic rings. The molecule has 0 aromatic heterocycles. The van der Waals surface area contributed by atoms with Crippen LogP contribution >= 0.6 is 0 Å². The van der Waals surface area contributed by atoms with E-state index in [1.54, 1.807) is 6.92 Å². The molecule has 0 aliphatic carbocycles. The van der Waals surface area contributed by atoms with Crippen molar-refractivity contribution in [1.82, 2.24) is 0 Å². The molecule has 0 spiro atoms. The van der Waals surface area contributed by atoms with Crippen LogP contribution in [0.1, 0.15) is 12.5 Å². The van der Waals surface area contributed by atoms with E-state index >= 15 is 0 Å². The van der Waals surface area contributed by atoms with Crippen molar-refractivity contribution in [2.24, 2.45) is 5.73 Å². The lowest BCUT2D eigenvalue weighted by Crippen LogP contribution is -2.27. The van der Waals surface area contributed by atoms with Crippen molar-refractivity contribution in [2.75, 3.05) is 0 Å². The monoisotopic (exact) mass is 163 g/mol. The molecule has 2 N–H and O–H groups in total. The minimum atomic E-state index is -0.356. The second-order valence-corrected chi connectivity index (χ2v) is 2.92. The lowest BCUT2D eigenvalue weighted by Gasteiger charge is -2.03. The quantitative estimate of drug-likeness (QED) is 0.726. The number of benzene rings is 1. The molecular weight excluding hydrogens is 150 g/mol. The fourth-order valence-electron chi connectivity index (χ4n) is 0.958. The van der Waals surface area contributed by atoms with Crippen LogP contribution in [0.3, 0.4) is 0 Å². The summed E-state index contributed by atoms with van der Waals surface area (Å²) in [6, 6.07) is 9.28. The normalized spacial score (nSPS) is 12.5. The molecule has 64 valence electrons. The predicted molar refractivity (Wildman–Crippen MR) is 48.8 cm³/mol. The van der Waals surface area contributed by atoms with Gasteiger partial charge in [0.05, 0.1) is 6.04 Å². The van der Waals surface area contributed by atoms with Crippen LogP contribution < -0.4 is 5.73 Å². The van der Waals surface area contributed by atoms with Crippen molar-refractivity contribution in [3.05, 3.63) is 35.9 Å². The Hall–Kier alpha value is -1.15. The highest BCUT2D eigenvalue weighted by molar-refractivity contribution is 5.85. The third-order valence-electron chi connectivity index (χ3n) is 1.73. The Morgan fingerprint density at radius 1 is 1.42 bits per heavy atom. The largest absolute Gasteiger partial charge is 0.322 e. The highest BCUT2D eigenvalue weighted by atomic mass is 16.1. The fourth-order valence-corrected chi connectivity index (χ4v) is 0.958. The van der Waals surface area contributed by atoms with Gasteiger partial charge in [-0.1, -0.05) is 30.3 Å². The van der Waals surface area contributed by atoms with Crippen molar-refractivity contribution >= 4 is 5.78 Å². The Morgan fingerprint density at radius 3 is 2.50 bits per heavy atom. The van der Waals surface area contributed by atoms with Crippen LogP contribution in [0.15, 0.2) is 30.3 Å². The second-order valence-electron chi connectivity index (χ2n) is 2.92. The van der Waals surface area contributed by atoms with Gasteiger partial charge in [-0.15, -0.1) is 0 Å². The van der Waals surface area contributed by atoms with Crippen LogP contribution in [0.25, 0.3) is 0 Å². The number of hydrogen-bond donors (Lipinski definition) is 1. The molecular formula is C10H13NO. The molecule has 0 saturated carbocycles. The van der Waals surface area contributed by atoms with Gasteiger partial charge in [-0.2, -0.15) is 0 Å². The number of ketones is 1. The van der Waals surface area contributed by atoms with Crippen LogP contribution in [0, 0.1) is 0 Å². The van der Waals surface area contributed by atoms with Crippen molar-refractivity contribution < 1.29 is 4.79 Å². The standard InChI is InChI=1S/C10H13NO/c1-8(11)10(12)7-9-5-3-2-4-6-9/h2-6,8H,7,11H2,1H3. The smallest absolute Gasteiger partial charge is 0.153 e. The maximum atomic E-state index is 11.2. The van der Waals surface area contributed by atoms with E-state index in [9.17, 15) is 4.79 Å². The van der Waals surface area contributed by atoms with Crippen molar-refractivity contribution in [2.45, 2.75) is 19.4 Å². The molecule has 1 atom stereocenters. The molecule has 0 heterocycles. The number of carbonyl (C=O) groups excluding carboxylic acids is 1. The van der Waals surface area contributed by atoms with Crippen LogP contribution in [0.2, 0.25) is 0 Å². The van der Waals surface area contributed by atoms with E-state index in [4.69, 9.17) is 5.73 Å². The Labute approximate surface area is 72.4 Å². The van der Waals surface area contributed by atoms with Gasteiger partial charge >= 0.3 is 0 Å². The zero-order valence-corrected chi connectivity index (χ0v) is 7.16. The first-order chi connectivity index (χ1) is 5.70. The minimum Gasteiger partial charge on any atom is -0.322 e. The van der Waals surface area contributed by atoms with Gasteiger partial charge < -0.3 is 5.73 Å². The number of rotatable bonds is 3. The molecule has 0 amide bonds. The van der Waals surface area contributed by atoms with E-state index in [1.165, 1.54) is 0 Å². The molecule has 1 unspecified atom stereocenters. The molecule has 0 aliphatic rings. The van der Waals surface area contributed by atoms with Gasteiger partial charge in [0, 0.05) is 6.42 Å². The van der Waals surface area contributed by atoms with Gasteiger partial charge in [0.1, 0.15) is 0 Å². The maximum absolute atomic E-state index is 11.2. The first kappa shape index (κ1) is 8.94. The lowest BCUT2D eigenvalue weighted by atomic mass is 10.1. The topological polar surface area (TPSA) is 43.1 Å². The number of Topliss-reactive ketones (excluding diaryl/α,β-unsaturated/α-hetero) is 1. The summed E-state index contributed by atoms with van der Waals surface area (Å²) in [6.45, 7) is 1.71. The fraction of sp³-hybridized carbons (Fsp3) is 0.300. The number of hydrogen-bond acceptors (Lipinski definition) is 2. The van der Waals surface area contributed by atoms with E-state index < -0.39 is 0 Å². The minimum absolute atomic E-state index is 0.0844. The maximum Gasteiger partial charge on any atom is 0.153 e. The van der Waals surface area contributed by atoms with E-state index in [0.717, 1.165) is 5.56 Å². The summed E-state index contributed by atoms with van der Waals surface area (Å²) >= 11 is 0. The van der Waals surface area contributed by atoms with Gasteiger partial charge in [0.25, 0.3) is 0 Å². The third kappa shape index (κ3) is 2.47. The average Bonchev–Trinajstić information content (AvgIpc) is 2.06. The summed E-state index contributed by atoms with van der Waals surface area (Å²) in [5, 5.41) is 0. The van der Waals surface area contributed by atoms with E-state index in [2.05, 4.69) is 0 Å². The Kier molecular flexibility index (Phi) is 3.00. The molecule has 2 nitrogen and oxygen atoms in total. The van der Waals surface area contributed by atoms with Crippen LogP contribution in [0.5, 0.6) is 0 Å². The average molecular weight is 163 g/mol. The van der Waals surface area contributed by atoms with Gasteiger partial charge in [-0.25, -0.2) is 0 Å². The van der Waals surface area contributed by atoms with Crippen molar-refractivity contribution in [3.63, 3.8) is 0 Å². The van der Waals surface area contributed by atoms with Crippen LogP contribution in [-0.2, 0) is 11.2 Å². The van der Waals surface area contributed by atoms with Gasteiger partial charge in [-0.05, 0) is 12.5 Å². The summed E-state index contributed by atoms with van der Waals surface area (Å²) in [5.74, 6) is 0.0844. The molecule has 0 radical (unpaired) electrons. The zero-order chi connectivity index (χ0) is 8.97. The zero-order valence-electron chi connectivity index (χ0n) is 7.16. The van der Waals surface area contributed by atoms with Crippen LogP contribution in [0.4, 0.5) is 0 Å². The highest BCUT2D eigenvalue weighted by Gasteiger charge is 2.07. The van der Waals surface area contributed by atoms with E-state index in [0.29, 0.717) is 6.42 Å². The number of carbonyl (C=O) groups is 1. The first-order valence-corrected chi connectivity index (χ1v) is 4.02. The third-order valence-corrected chi connectivity index (χ3v) is 1.73. The van der Waals surface area contributed by atoms with E-state index in [1.807, 2.05) is 30.3 Å². The highest BCUT2D eigenvalue weighted by Crippen LogP contribution is 2.00. The summed E-state index contributed by atoms with van der Waals surface area (Å²) in [7, 11) is 0. The lowest BCUT2D eigenvalue weighted by molar-refractivity contribution is -0.119. The Morgan fingerprint density at radius 2 is 2.00 bits per heavy atom. The summed E-state index contributed by atoms with van der Waals surface area (Å²) in [4.78, 5) is 11.2. The van der Waals surface area contributed by atoms with E-state index in [-0.39, 0.29) is 11.8 Å². The molecule has 1 rings (SSSR count). The molecule has 0 bridgehead atoms. The molecule has 2 heteroatoms. The van der Waals surface area contributed by atoms with Crippen molar-refractivity contribution in [3.8, 4) is 0 Å². The molecule has 0 saturated heterocycles. The second kappa shape index (κ2) is 4.02. The van der Waals surface area contributed by atoms with Gasteiger partial charge in [-0.3, -0.25) is 4.79 Å². The number of nitrogens with two attached hydrogens (primary N) is 1. The summed E-state index contributed by atoms with van der Waals surface area (Å²) in [5.41, 5.74) is 6.46. The first-order valence-electron chi connectivity index (χ1n) is 4.02. The SMILES string of the molecule is CC(N)C(=O)Cc1ccccc1. The summed E-state index contributed by atoms with van der Waals surface area (Å²) in [6.07, 6.45) is 0.443. The Balaban J connectivity index is 2.59. The molecule has 0 aliphatic heterocycles. The molecule has 12 heavy (non-hydrogen) atoms. The molecule has 0 fully saturated rings. The van der Waals surface area contributed by atoms with Gasteiger partial charge in [0.15, 0.2) is 5.78 Å². The van der Waals surface area contributed by atoms with Crippen LogP contribution in [-0.4, -0.2) is 11.8 Å². The molecule has 1 aromatic carbocycles. The van der Waals surface area contributed by atoms with Crippen molar-refractivity contribution in [1.29, 1.82) is 0 Å². The summed E-state index contributed by atoms with van der Waals surface area (Å²) < 4.78 is 0. The Bertz CT molecular complexity index is 254. The van der Waals surface area contributed by atoms with Gasteiger partial charge in [0.2, 0.25) is 0 Å². The predicted octanol–water partition coefficient (Wildman–Crippen LogP) is 1.15.